The molecule has 0 saturated carbocycles. The van der Waals surface area contributed by atoms with E-state index in [9.17, 15) is 10.2 Å². The summed E-state index contributed by atoms with van der Waals surface area (Å²) in [5.74, 6) is 1.30. The Kier molecular flexibility index (Phi) is 28.3. The summed E-state index contributed by atoms with van der Waals surface area (Å²) in [7, 11) is 0. The molecule has 4 atom stereocenters. The van der Waals surface area contributed by atoms with Crippen LogP contribution in [-0.4, -0.2) is 22.4 Å². The Hall–Kier alpha value is 2.06. The molecule has 4 unspecified atom stereocenters. The molecule has 3 radical (unpaired) electrons. The van der Waals surface area contributed by atoms with E-state index in [-0.39, 0.29) is 104 Å². The zero-order valence-electron chi connectivity index (χ0n) is 20.8. The Morgan fingerprint density at radius 3 is 1.97 bits per heavy atom. The van der Waals surface area contributed by atoms with Crippen LogP contribution in [0.4, 0.5) is 0 Å². The maximum Gasteiger partial charge on any atom is 0.100 e. The van der Waals surface area contributed by atoms with E-state index in [1.54, 1.807) is 0 Å². The molecule has 0 aliphatic rings. The molecule has 0 saturated heterocycles. The van der Waals surface area contributed by atoms with Gasteiger partial charge in [-0.05, 0) is 24.7 Å². The molecular weight excluding hydrogens is 599 g/mol. The van der Waals surface area contributed by atoms with E-state index in [2.05, 4.69) is 54.0 Å². The van der Waals surface area contributed by atoms with Gasteiger partial charge in [-0.2, -0.15) is 17.5 Å². The van der Waals surface area contributed by atoms with Gasteiger partial charge in [0, 0.05) is 98.1 Å². The summed E-state index contributed by atoms with van der Waals surface area (Å²) in [6.45, 7) is 18.8. The standard InChI is InChI=1S/C21H33O2.C4H10.3Y/c1-7-10-14(3)17(6)21(23)20(22)16(5)13-18-12-9-11-15(4)19(18)8-2;1-4(2)3;;;/h8-9,11-14,17,20-23H,7,10H2,1-6H3;4H,1-3H3;;;/q-1;;;;/b16-13+;;;;. The summed E-state index contributed by atoms with van der Waals surface area (Å²) in [5, 5.41) is 21.1. The van der Waals surface area contributed by atoms with Crippen molar-refractivity contribution in [2.75, 3.05) is 0 Å². The second kappa shape index (κ2) is 21.6. The van der Waals surface area contributed by atoms with Gasteiger partial charge in [0.05, 0.1) is 6.10 Å². The number of benzene rings is 1. The van der Waals surface area contributed by atoms with Crippen molar-refractivity contribution >= 4 is 6.08 Å². The van der Waals surface area contributed by atoms with Crippen LogP contribution >= 0.6 is 0 Å². The summed E-state index contributed by atoms with van der Waals surface area (Å²) in [6.07, 6.45) is 4.69. The molecular formula is C25H43O2Y3-. The van der Waals surface area contributed by atoms with Gasteiger partial charge in [0.15, 0.2) is 0 Å². The number of hydrogen-bond donors (Lipinski definition) is 2. The molecule has 1 rings (SSSR count). The van der Waals surface area contributed by atoms with Gasteiger partial charge in [-0.25, -0.2) is 0 Å². The molecule has 165 valence electrons. The van der Waals surface area contributed by atoms with Gasteiger partial charge in [0.25, 0.3) is 0 Å². The number of aliphatic hydroxyl groups excluding tert-OH is 2. The third-order valence-electron chi connectivity index (χ3n) is 5.00. The fraction of sp³-hybridized carbons (Fsp3) is 0.640. The first-order valence-electron chi connectivity index (χ1n) is 10.5. The molecule has 0 heterocycles. The predicted octanol–water partition coefficient (Wildman–Crippen LogP) is 6.42. The first-order chi connectivity index (χ1) is 12.6. The monoisotopic (exact) mass is 642 g/mol. The third-order valence-corrected chi connectivity index (χ3v) is 5.00. The van der Waals surface area contributed by atoms with E-state index >= 15 is 0 Å². The molecule has 0 bridgehead atoms. The minimum atomic E-state index is -0.825. The Morgan fingerprint density at radius 1 is 1.03 bits per heavy atom. The number of rotatable bonds is 8. The molecule has 0 aromatic heterocycles. The van der Waals surface area contributed by atoms with Crippen molar-refractivity contribution in [3.8, 4) is 0 Å². The van der Waals surface area contributed by atoms with Crippen molar-refractivity contribution in [1.29, 1.82) is 0 Å². The van der Waals surface area contributed by atoms with Crippen molar-refractivity contribution < 1.29 is 108 Å². The SMILES string of the molecule is CC(C)C.C[CH-]c1c(C)cccc1/C=C(\C)C(O)C(O)C(C)C(C)CCC.[Y].[Y].[Y]. The number of aliphatic hydroxyl groups is 2. The van der Waals surface area contributed by atoms with Gasteiger partial charge in [0.1, 0.15) is 6.10 Å². The smallest absolute Gasteiger partial charge is 0.100 e. The second-order valence-electron chi connectivity index (χ2n) is 8.55. The molecule has 0 spiro atoms. The average Bonchev–Trinajstić information content (AvgIpc) is 2.59. The van der Waals surface area contributed by atoms with Gasteiger partial charge in [-0.1, -0.05) is 79.9 Å². The Bertz CT molecular complexity index is 571. The molecule has 0 fully saturated rings. The Labute approximate surface area is 262 Å². The predicted molar refractivity (Wildman–Crippen MR) is 120 cm³/mol. The largest absolute Gasteiger partial charge is 0.390 e. The average molecular weight is 642 g/mol. The summed E-state index contributed by atoms with van der Waals surface area (Å²) < 4.78 is 0. The van der Waals surface area contributed by atoms with Crippen LogP contribution in [0.5, 0.6) is 0 Å². The zero-order chi connectivity index (χ0) is 21.1. The van der Waals surface area contributed by atoms with Crippen molar-refractivity contribution in [3.63, 3.8) is 0 Å². The Morgan fingerprint density at radius 2 is 1.53 bits per heavy atom. The molecule has 2 N–H and O–H groups in total. The molecule has 1 aromatic carbocycles. The molecule has 2 nitrogen and oxygen atoms in total. The van der Waals surface area contributed by atoms with Gasteiger partial charge < -0.3 is 10.2 Å². The zero-order valence-corrected chi connectivity index (χ0v) is 29.3. The first-order valence-corrected chi connectivity index (χ1v) is 10.5. The van der Waals surface area contributed by atoms with Crippen LogP contribution < -0.4 is 0 Å². The fourth-order valence-electron chi connectivity index (χ4n) is 3.17. The quantitative estimate of drug-likeness (QED) is 0.322. The Balaban J connectivity index is -0.000000442. The maximum absolute atomic E-state index is 10.5. The number of hydrogen-bond acceptors (Lipinski definition) is 2. The molecule has 5 heteroatoms. The van der Waals surface area contributed by atoms with Crippen LogP contribution in [0.1, 0.15) is 84.9 Å². The van der Waals surface area contributed by atoms with Crippen molar-refractivity contribution in [1.82, 2.24) is 0 Å². The fourth-order valence-corrected chi connectivity index (χ4v) is 3.17. The summed E-state index contributed by atoms with van der Waals surface area (Å²) in [4.78, 5) is 0. The van der Waals surface area contributed by atoms with Crippen LogP contribution in [0.3, 0.4) is 0 Å². The van der Waals surface area contributed by atoms with Gasteiger partial charge >= 0.3 is 0 Å². The van der Waals surface area contributed by atoms with Crippen LogP contribution in [0.2, 0.25) is 0 Å². The van der Waals surface area contributed by atoms with E-state index < -0.39 is 12.2 Å². The first kappa shape index (κ1) is 39.3. The van der Waals surface area contributed by atoms with Gasteiger partial charge in [-0.3, -0.25) is 0 Å². The van der Waals surface area contributed by atoms with Crippen LogP contribution in [-0.2, 0) is 98.1 Å². The maximum atomic E-state index is 10.5. The molecule has 30 heavy (non-hydrogen) atoms. The van der Waals surface area contributed by atoms with E-state index in [0.29, 0.717) is 5.92 Å². The molecule has 1 aromatic rings. The summed E-state index contributed by atoms with van der Waals surface area (Å²) >= 11 is 0. The van der Waals surface area contributed by atoms with E-state index in [4.69, 9.17) is 0 Å². The van der Waals surface area contributed by atoms with Crippen molar-refractivity contribution in [3.05, 3.63) is 46.9 Å². The topological polar surface area (TPSA) is 40.5 Å². The van der Waals surface area contributed by atoms with E-state index in [1.165, 1.54) is 11.1 Å². The summed E-state index contributed by atoms with van der Waals surface area (Å²) in [5.41, 5.74) is 4.29. The molecule has 0 amide bonds. The third kappa shape index (κ3) is 15.1. The second-order valence-corrected chi connectivity index (χ2v) is 8.55. The van der Waals surface area contributed by atoms with Crippen molar-refractivity contribution in [2.24, 2.45) is 17.8 Å². The summed E-state index contributed by atoms with van der Waals surface area (Å²) in [6, 6.07) is 6.16. The van der Waals surface area contributed by atoms with Crippen molar-refractivity contribution in [2.45, 2.75) is 87.4 Å². The van der Waals surface area contributed by atoms with Crippen LogP contribution in [0.25, 0.3) is 6.08 Å². The van der Waals surface area contributed by atoms with Gasteiger partial charge in [0.2, 0.25) is 0 Å². The normalized spacial score (nSPS) is 14.6. The minimum Gasteiger partial charge on any atom is -0.390 e. The van der Waals surface area contributed by atoms with Crippen LogP contribution in [0, 0.1) is 31.1 Å². The molecule has 0 aliphatic heterocycles. The van der Waals surface area contributed by atoms with E-state index in [1.807, 2.05) is 39.0 Å². The number of aryl methyl sites for hydroxylation is 1. The van der Waals surface area contributed by atoms with Gasteiger partial charge in [-0.15, -0.1) is 23.8 Å². The molecule has 0 aliphatic carbocycles. The minimum absolute atomic E-state index is 0. The van der Waals surface area contributed by atoms with Crippen LogP contribution in [0.15, 0.2) is 23.8 Å². The van der Waals surface area contributed by atoms with E-state index in [0.717, 1.165) is 29.9 Å².